The SMILES string of the molecule is O=C(N[C@H]1Cc2ccccc2O[C@@H]1C(F)(F)F)c1cc2n(n1)CCO2. The van der Waals surface area contributed by atoms with E-state index in [1.165, 1.54) is 16.8 Å². The molecular weight excluding hydrogens is 339 g/mol. The third-order valence-corrected chi connectivity index (χ3v) is 4.20. The average Bonchev–Trinajstić information content (AvgIpc) is 3.14. The van der Waals surface area contributed by atoms with Crippen LogP contribution < -0.4 is 14.8 Å². The number of alkyl halides is 3. The molecule has 1 N–H and O–H groups in total. The predicted octanol–water partition coefficient (Wildman–Crippen LogP) is 1.94. The first-order valence-electron chi connectivity index (χ1n) is 7.74. The molecule has 2 aromatic rings. The Morgan fingerprint density at radius 2 is 2.12 bits per heavy atom. The van der Waals surface area contributed by atoms with Crippen molar-refractivity contribution < 1.29 is 27.4 Å². The second-order valence-corrected chi connectivity index (χ2v) is 5.91. The molecule has 0 spiro atoms. The molecule has 3 heterocycles. The molecule has 0 unspecified atom stereocenters. The molecule has 2 atom stereocenters. The molecule has 0 radical (unpaired) electrons. The number of amides is 1. The van der Waals surface area contributed by atoms with E-state index in [-0.39, 0.29) is 17.9 Å². The minimum Gasteiger partial charge on any atom is -0.478 e. The van der Waals surface area contributed by atoms with Crippen LogP contribution in [-0.2, 0) is 13.0 Å². The van der Waals surface area contributed by atoms with Crippen molar-refractivity contribution in [1.82, 2.24) is 15.1 Å². The Bertz CT molecular complexity index is 797. The van der Waals surface area contributed by atoms with Crippen molar-refractivity contribution in [3.8, 4) is 11.6 Å². The van der Waals surface area contributed by atoms with Gasteiger partial charge in [-0.15, -0.1) is 0 Å². The number of nitrogens with zero attached hydrogens (tertiary/aromatic N) is 2. The van der Waals surface area contributed by atoms with Crippen molar-refractivity contribution in [1.29, 1.82) is 0 Å². The molecule has 4 rings (SSSR count). The van der Waals surface area contributed by atoms with E-state index in [2.05, 4.69) is 10.4 Å². The van der Waals surface area contributed by atoms with Gasteiger partial charge in [-0.1, -0.05) is 18.2 Å². The van der Waals surface area contributed by atoms with E-state index in [4.69, 9.17) is 9.47 Å². The summed E-state index contributed by atoms with van der Waals surface area (Å²) in [6, 6.07) is 6.68. The number of nitrogens with one attached hydrogen (secondary N) is 1. The lowest BCUT2D eigenvalue weighted by Gasteiger charge is -2.34. The zero-order valence-corrected chi connectivity index (χ0v) is 12.9. The highest BCUT2D eigenvalue weighted by Crippen LogP contribution is 2.35. The van der Waals surface area contributed by atoms with Crippen molar-refractivity contribution in [3.63, 3.8) is 0 Å². The summed E-state index contributed by atoms with van der Waals surface area (Å²) in [6.07, 6.45) is -6.70. The Kier molecular flexibility index (Phi) is 3.59. The van der Waals surface area contributed by atoms with Gasteiger partial charge in [-0.3, -0.25) is 4.79 Å². The summed E-state index contributed by atoms with van der Waals surface area (Å²) in [6.45, 7) is 0.974. The maximum absolute atomic E-state index is 13.4. The van der Waals surface area contributed by atoms with Gasteiger partial charge in [0, 0.05) is 12.5 Å². The lowest BCUT2D eigenvalue weighted by Crippen LogP contribution is -2.56. The quantitative estimate of drug-likeness (QED) is 0.896. The summed E-state index contributed by atoms with van der Waals surface area (Å²) in [5.74, 6) is -0.0693. The number of carbonyl (C=O) groups is 1. The molecule has 132 valence electrons. The van der Waals surface area contributed by atoms with Gasteiger partial charge >= 0.3 is 6.18 Å². The van der Waals surface area contributed by atoms with Crippen molar-refractivity contribution in [3.05, 3.63) is 41.6 Å². The number of halogens is 3. The number of benzene rings is 1. The summed E-state index contributed by atoms with van der Waals surface area (Å²) in [4.78, 5) is 12.3. The number of carbonyl (C=O) groups excluding carboxylic acids is 1. The third-order valence-electron chi connectivity index (χ3n) is 4.20. The highest BCUT2D eigenvalue weighted by molar-refractivity contribution is 5.92. The largest absolute Gasteiger partial charge is 0.478 e. The van der Waals surface area contributed by atoms with Gasteiger partial charge in [-0.2, -0.15) is 18.3 Å². The first kappa shape index (κ1) is 15.8. The van der Waals surface area contributed by atoms with Gasteiger partial charge in [0.15, 0.2) is 5.69 Å². The first-order chi connectivity index (χ1) is 11.9. The second-order valence-electron chi connectivity index (χ2n) is 5.91. The van der Waals surface area contributed by atoms with Crippen LogP contribution in [0.3, 0.4) is 0 Å². The summed E-state index contributed by atoms with van der Waals surface area (Å²) >= 11 is 0. The number of rotatable bonds is 2. The number of aromatic nitrogens is 2. The maximum Gasteiger partial charge on any atom is 0.427 e. The molecular formula is C16H14F3N3O3. The van der Waals surface area contributed by atoms with Gasteiger partial charge in [0.1, 0.15) is 12.4 Å². The van der Waals surface area contributed by atoms with Crippen LogP contribution in [0.4, 0.5) is 13.2 Å². The van der Waals surface area contributed by atoms with Gasteiger partial charge in [0.05, 0.1) is 12.6 Å². The van der Waals surface area contributed by atoms with E-state index in [1.54, 1.807) is 18.2 Å². The third kappa shape index (κ3) is 2.90. The van der Waals surface area contributed by atoms with E-state index >= 15 is 0 Å². The molecule has 2 aliphatic rings. The number of para-hydroxylation sites is 1. The molecule has 0 bridgehead atoms. The molecule has 0 fully saturated rings. The van der Waals surface area contributed by atoms with Crippen LogP contribution in [0.2, 0.25) is 0 Å². The van der Waals surface area contributed by atoms with E-state index in [0.29, 0.717) is 24.6 Å². The molecule has 25 heavy (non-hydrogen) atoms. The van der Waals surface area contributed by atoms with Crippen LogP contribution >= 0.6 is 0 Å². The van der Waals surface area contributed by atoms with E-state index in [1.807, 2.05) is 0 Å². The fraction of sp³-hybridized carbons (Fsp3) is 0.375. The smallest absolute Gasteiger partial charge is 0.427 e. The van der Waals surface area contributed by atoms with Crippen LogP contribution in [0.25, 0.3) is 0 Å². The maximum atomic E-state index is 13.4. The minimum absolute atomic E-state index is 0.0227. The molecule has 2 aliphatic heterocycles. The molecule has 1 aromatic heterocycles. The van der Waals surface area contributed by atoms with Crippen LogP contribution in [0.15, 0.2) is 30.3 Å². The minimum atomic E-state index is -4.61. The lowest BCUT2D eigenvalue weighted by molar-refractivity contribution is -0.205. The summed E-state index contributed by atoms with van der Waals surface area (Å²) in [7, 11) is 0. The van der Waals surface area contributed by atoms with Crippen LogP contribution in [-0.4, -0.2) is 40.6 Å². The normalized spacial score (nSPS) is 21.7. The zero-order valence-electron chi connectivity index (χ0n) is 12.9. The summed E-state index contributed by atoms with van der Waals surface area (Å²) in [5, 5.41) is 6.45. The molecule has 0 aliphatic carbocycles. The predicted molar refractivity (Wildman–Crippen MR) is 79.6 cm³/mol. The number of ether oxygens (including phenoxy) is 2. The summed E-state index contributed by atoms with van der Waals surface area (Å²) in [5.41, 5.74) is 0.637. The topological polar surface area (TPSA) is 65.4 Å². The van der Waals surface area contributed by atoms with Crippen LogP contribution in [0.1, 0.15) is 16.1 Å². The molecule has 0 saturated carbocycles. The zero-order chi connectivity index (χ0) is 17.6. The van der Waals surface area contributed by atoms with Gasteiger partial charge in [0.25, 0.3) is 5.91 Å². The van der Waals surface area contributed by atoms with Gasteiger partial charge in [0.2, 0.25) is 12.0 Å². The lowest BCUT2D eigenvalue weighted by atomic mass is 9.96. The molecule has 0 saturated heterocycles. The summed E-state index contributed by atoms with van der Waals surface area (Å²) < 4.78 is 51.9. The van der Waals surface area contributed by atoms with E-state index < -0.39 is 24.2 Å². The second kappa shape index (κ2) is 5.68. The van der Waals surface area contributed by atoms with Gasteiger partial charge < -0.3 is 14.8 Å². The van der Waals surface area contributed by atoms with Gasteiger partial charge in [-0.05, 0) is 11.6 Å². The fourth-order valence-corrected chi connectivity index (χ4v) is 3.04. The highest BCUT2D eigenvalue weighted by atomic mass is 19.4. The van der Waals surface area contributed by atoms with Crippen molar-refractivity contribution in [2.24, 2.45) is 0 Å². The average molecular weight is 353 g/mol. The Morgan fingerprint density at radius 3 is 2.88 bits per heavy atom. The Balaban J connectivity index is 1.57. The number of hydrogen-bond donors (Lipinski definition) is 1. The van der Waals surface area contributed by atoms with E-state index in [0.717, 1.165) is 0 Å². The molecule has 9 heteroatoms. The standard InChI is InChI=1S/C16H14F3N3O3/c17-16(18,19)14-10(7-9-3-1-2-4-12(9)25-14)20-15(23)11-8-13-22(21-11)5-6-24-13/h1-4,8,10,14H,5-7H2,(H,20,23)/t10-,14-/m0/s1. The number of hydrogen-bond acceptors (Lipinski definition) is 4. The Labute approximate surface area is 140 Å². The van der Waals surface area contributed by atoms with Crippen molar-refractivity contribution >= 4 is 5.91 Å². The Morgan fingerprint density at radius 1 is 1.32 bits per heavy atom. The fourth-order valence-electron chi connectivity index (χ4n) is 3.04. The first-order valence-corrected chi connectivity index (χ1v) is 7.74. The van der Waals surface area contributed by atoms with Crippen molar-refractivity contribution in [2.75, 3.05) is 6.61 Å². The highest BCUT2D eigenvalue weighted by Gasteiger charge is 2.50. The van der Waals surface area contributed by atoms with Crippen molar-refractivity contribution in [2.45, 2.75) is 31.3 Å². The Hall–Kier alpha value is -2.71. The number of fused-ring (bicyclic) bond motifs is 2. The van der Waals surface area contributed by atoms with E-state index in [9.17, 15) is 18.0 Å². The van der Waals surface area contributed by atoms with Crippen LogP contribution in [0.5, 0.6) is 11.6 Å². The molecule has 6 nitrogen and oxygen atoms in total. The van der Waals surface area contributed by atoms with Crippen LogP contribution in [0, 0.1) is 0 Å². The molecule has 1 aromatic carbocycles. The van der Waals surface area contributed by atoms with Gasteiger partial charge in [-0.25, -0.2) is 4.68 Å². The molecule has 1 amide bonds. The monoisotopic (exact) mass is 353 g/mol.